The molecule has 13 heteroatoms. The van der Waals surface area contributed by atoms with Crippen LogP contribution >= 0.6 is 0 Å². The normalized spacial score (nSPS) is 20.3. The van der Waals surface area contributed by atoms with Crippen LogP contribution in [0.5, 0.6) is 11.5 Å². The maximum Gasteiger partial charge on any atom is 0.573 e. The van der Waals surface area contributed by atoms with Crippen molar-refractivity contribution < 1.29 is 46.9 Å². The summed E-state index contributed by atoms with van der Waals surface area (Å²) in [4.78, 5) is 44.8. The van der Waals surface area contributed by atoms with Gasteiger partial charge in [0.25, 0.3) is 0 Å². The van der Waals surface area contributed by atoms with E-state index < -0.39 is 47.6 Å². The molecule has 2 amide bonds. The number of nitrogens with one attached hydrogen (secondary N) is 1. The van der Waals surface area contributed by atoms with Gasteiger partial charge in [-0.1, -0.05) is 18.9 Å². The molecule has 1 unspecified atom stereocenters. The third kappa shape index (κ3) is 8.37. The van der Waals surface area contributed by atoms with E-state index in [1.165, 1.54) is 23.1 Å². The van der Waals surface area contributed by atoms with Crippen molar-refractivity contribution in [1.29, 1.82) is 0 Å². The number of alkyl halides is 3. The van der Waals surface area contributed by atoms with Gasteiger partial charge in [-0.25, -0.2) is 14.6 Å². The Morgan fingerprint density at radius 1 is 1.24 bits per heavy atom. The number of likely N-dealkylation sites (tertiary alicyclic amines) is 1. The number of carboxylic acid groups (broad SMARTS) is 1. The number of hydrogen-bond acceptors (Lipinski definition) is 7. The van der Waals surface area contributed by atoms with Crippen molar-refractivity contribution >= 4 is 28.9 Å². The zero-order valence-corrected chi connectivity index (χ0v) is 26.0. The highest BCUT2D eigenvalue weighted by Crippen LogP contribution is 2.45. The summed E-state index contributed by atoms with van der Waals surface area (Å²) in [6.45, 7) is 10.5. The van der Waals surface area contributed by atoms with Crippen molar-refractivity contribution in [3.05, 3.63) is 42.1 Å². The van der Waals surface area contributed by atoms with Crippen molar-refractivity contribution in [2.75, 3.05) is 6.54 Å². The number of alkyl carbamates (subject to hydrolysis) is 1. The molecular weight excluding hydrogens is 595 g/mol. The third-order valence-electron chi connectivity index (χ3n) is 7.93. The first-order valence-electron chi connectivity index (χ1n) is 15.0. The summed E-state index contributed by atoms with van der Waals surface area (Å²) in [5, 5.41) is 13.2. The lowest BCUT2D eigenvalue weighted by Crippen LogP contribution is -2.53. The minimum atomic E-state index is -4.86. The molecule has 10 nitrogen and oxygen atoms in total. The molecule has 0 bridgehead atoms. The topological polar surface area (TPSA) is 127 Å². The van der Waals surface area contributed by atoms with Gasteiger partial charge >= 0.3 is 18.4 Å². The molecule has 0 saturated carbocycles. The molecule has 2 aliphatic rings. The number of unbranched alkanes of at least 4 members (excludes halogenated alkanes) is 3. The Kier molecular flexibility index (Phi) is 9.88. The SMILES string of the molecule is C=CCCCCC[C@H](NC(=O)OC(C)(C)C)C(=O)N1CC2(CCc3c(c(C)nc4ccc(OC(F)(F)F)cc34)O2)C[C@H]1C(=O)O. The molecular formula is C32H40F3N3O7. The average Bonchev–Trinajstić information content (AvgIpc) is 3.29. The largest absolute Gasteiger partial charge is 0.573 e. The van der Waals surface area contributed by atoms with Crippen LogP contribution in [0.2, 0.25) is 0 Å². The number of carbonyl (C=O) groups excluding carboxylic acids is 2. The predicted octanol–water partition coefficient (Wildman–Crippen LogP) is 6.22. The quantitative estimate of drug-likeness (QED) is 0.233. The Morgan fingerprint density at radius 3 is 2.62 bits per heavy atom. The summed E-state index contributed by atoms with van der Waals surface area (Å²) < 4.78 is 54.6. The van der Waals surface area contributed by atoms with E-state index in [-0.39, 0.29) is 25.1 Å². The summed E-state index contributed by atoms with van der Waals surface area (Å²) in [6, 6.07) is 1.67. The standard InChI is InChI=1S/C32H40F3N3O7/c1-6-7-8-9-10-11-24(37-29(42)45-30(3,4)5)27(39)38-18-31(17-25(38)28(40)41)15-14-21-22-16-20(43-32(33,34)35)12-13-23(22)36-19(2)26(21)44-31/h6,12-13,16,24-25H,1,7-11,14-15,17-18H2,2-5H3,(H,37,42)(H,40,41)/t24-,25-,31?/m0/s1. The molecule has 1 aromatic carbocycles. The molecule has 0 aliphatic carbocycles. The molecule has 1 fully saturated rings. The number of hydrogen-bond donors (Lipinski definition) is 2. The minimum Gasteiger partial charge on any atom is -0.483 e. The first kappa shape index (κ1) is 33.9. The molecule has 0 radical (unpaired) electrons. The van der Waals surface area contributed by atoms with Gasteiger partial charge in [0.05, 0.1) is 17.8 Å². The molecule has 3 heterocycles. The van der Waals surface area contributed by atoms with E-state index in [2.05, 4.69) is 21.6 Å². The number of aryl methyl sites for hydroxylation is 2. The van der Waals surface area contributed by atoms with Gasteiger partial charge in [-0.15, -0.1) is 19.8 Å². The van der Waals surface area contributed by atoms with Crippen LogP contribution in [0, 0.1) is 6.92 Å². The van der Waals surface area contributed by atoms with Gasteiger partial charge in [0.1, 0.15) is 34.8 Å². The number of pyridine rings is 1. The summed E-state index contributed by atoms with van der Waals surface area (Å²) >= 11 is 0. The summed E-state index contributed by atoms with van der Waals surface area (Å²) in [5.41, 5.74) is -0.289. The fraction of sp³-hybridized carbons (Fsp3) is 0.562. The lowest BCUT2D eigenvalue weighted by Gasteiger charge is -2.36. The maximum atomic E-state index is 13.9. The highest BCUT2D eigenvalue weighted by atomic mass is 19.4. The Labute approximate surface area is 259 Å². The summed E-state index contributed by atoms with van der Waals surface area (Å²) in [7, 11) is 0. The molecule has 1 saturated heterocycles. The van der Waals surface area contributed by atoms with Crippen LogP contribution in [0.4, 0.5) is 18.0 Å². The second-order valence-corrected chi connectivity index (χ2v) is 12.7. The van der Waals surface area contributed by atoms with Gasteiger partial charge in [-0.05, 0) is 78.0 Å². The van der Waals surface area contributed by atoms with Gasteiger partial charge in [0.2, 0.25) is 5.91 Å². The van der Waals surface area contributed by atoms with Crippen LogP contribution < -0.4 is 14.8 Å². The maximum absolute atomic E-state index is 13.9. The molecule has 2 aromatic rings. The van der Waals surface area contributed by atoms with Crippen molar-refractivity contribution in [1.82, 2.24) is 15.2 Å². The summed E-state index contributed by atoms with van der Waals surface area (Å²) in [5.74, 6) is -1.80. The van der Waals surface area contributed by atoms with Gasteiger partial charge in [0.15, 0.2) is 0 Å². The highest BCUT2D eigenvalue weighted by Gasteiger charge is 2.53. The lowest BCUT2D eigenvalue weighted by molar-refractivity contribution is -0.274. The van der Waals surface area contributed by atoms with E-state index >= 15 is 0 Å². The van der Waals surface area contributed by atoms with Crippen molar-refractivity contribution in [3.8, 4) is 11.5 Å². The van der Waals surface area contributed by atoms with E-state index in [4.69, 9.17) is 9.47 Å². The third-order valence-corrected chi connectivity index (χ3v) is 7.93. The van der Waals surface area contributed by atoms with Crippen LogP contribution in [-0.4, -0.2) is 69.2 Å². The smallest absolute Gasteiger partial charge is 0.483 e. The number of allylic oxidation sites excluding steroid dienone is 1. The van der Waals surface area contributed by atoms with E-state index in [1.807, 2.05) is 0 Å². The van der Waals surface area contributed by atoms with Crippen LogP contribution in [0.15, 0.2) is 30.9 Å². The first-order chi connectivity index (χ1) is 21.0. The first-order valence-corrected chi connectivity index (χ1v) is 15.0. The van der Waals surface area contributed by atoms with Crippen LogP contribution in [-0.2, 0) is 20.7 Å². The number of halogens is 3. The zero-order valence-electron chi connectivity index (χ0n) is 26.0. The van der Waals surface area contributed by atoms with Crippen LogP contribution in [0.1, 0.15) is 77.0 Å². The van der Waals surface area contributed by atoms with E-state index in [1.54, 1.807) is 33.8 Å². The van der Waals surface area contributed by atoms with Crippen molar-refractivity contribution in [2.45, 2.75) is 109 Å². The number of nitrogens with zero attached hydrogens (tertiary/aromatic N) is 2. The average molecular weight is 636 g/mol. The Bertz CT molecular complexity index is 1460. The van der Waals surface area contributed by atoms with E-state index in [0.29, 0.717) is 47.2 Å². The summed E-state index contributed by atoms with van der Waals surface area (Å²) in [6.07, 6.45) is 0.162. The highest BCUT2D eigenvalue weighted by molar-refractivity contribution is 5.90. The monoisotopic (exact) mass is 635 g/mol. The fourth-order valence-electron chi connectivity index (χ4n) is 6.00. The molecule has 3 atom stereocenters. The molecule has 4 rings (SSSR count). The van der Waals surface area contributed by atoms with Crippen LogP contribution in [0.25, 0.3) is 10.9 Å². The van der Waals surface area contributed by atoms with Gasteiger partial charge in [-0.2, -0.15) is 0 Å². The zero-order chi connectivity index (χ0) is 33.2. The number of amides is 2. The Balaban J connectivity index is 1.60. The van der Waals surface area contributed by atoms with Gasteiger partial charge < -0.3 is 29.5 Å². The molecule has 246 valence electrons. The van der Waals surface area contributed by atoms with Crippen LogP contribution in [0.3, 0.4) is 0 Å². The number of ether oxygens (including phenoxy) is 3. The van der Waals surface area contributed by atoms with E-state index in [9.17, 15) is 32.7 Å². The molecule has 1 spiro atoms. The molecule has 2 N–H and O–H groups in total. The van der Waals surface area contributed by atoms with Crippen molar-refractivity contribution in [2.24, 2.45) is 0 Å². The Hall–Kier alpha value is -4.03. The number of carboxylic acids is 1. The molecule has 1 aromatic heterocycles. The predicted molar refractivity (Wildman–Crippen MR) is 159 cm³/mol. The lowest BCUT2D eigenvalue weighted by atomic mass is 9.87. The second kappa shape index (κ2) is 13.1. The number of fused-ring (bicyclic) bond motifs is 3. The van der Waals surface area contributed by atoms with Gasteiger partial charge in [-0.3, -0.25) is 4.79 Å². The number of rotatable bonds is 10. The molecule has 45 heavy (non-hydrogen) atoms. The number of aromatic nitrogens is 1. The number of benzene rings is 1. The Morgan fingerprint density at radius 2 is 1.98 bits per heavy atom. The fourth-order valence-corrected chi connectivity index (χ4v) is 6.00. The molecule has 2 aliphatic heterocycles. The number of aliphatic carboxylic acids is 1. The minimum absolute atomic E-state index is 0.0132. The van der Waals surface area contributed by atoms with Gasteiger partial charge in [0, 0.05) is 17.4 Å². The number of carbonyl (C=O) groups is 3. The second-order valence-electron chi connectivity index (χ2n) is 12.7. The van der Waals surface area contributed by atoms with E-state index in [0.717, 1.165) is 19.3 Å². The van der Waals surface area contributed by atoms with Crippen molar-refractivity contribution in [3.63, 3.8) is 0 Å².